The first-order valence-corrected chi connectivity index (χ1v) is 6.97. The number of rotatable bonds is 3. The summed E-state index contributed by atoms with van der Waals surface area (Å²) in [5, 5.41) is 9.23. The van der Waals surface area contributed by atoms with E-state index in [1.807, 2.05) is 0 Å². The van der Waals surface area contributed by atoms with Crippen LogP contribution in [-0.4, -0.2) is 35.5 Å². The van der Waals surface area contributed by atoms with Gasteiger partial charge in [0.1, 0.15) is 12.2 Å². The molecule has 1 aromatic carbocycles. The van der Waals surface area contributed by atoms with Gasteiger partial charge < -0.3 is 19.1 Å². The van der Waals surface area contributed by atoms with Crippen LogP contribution in [0.1, 0.15) is 23.3 Å². The Morgan fingerprint density at radius 2 is 2.26 bits per heavy atom. The van der Waals surface area contributed by atoms with Crippen molar-refractivity contribution in [2.45, 2.75) is 13.0 Å². The molecule has 23 heavy (non-hydrogen) atoms. The van der Waals surface area contributed by atoms with Gasteiger partial charge in [-0.2, -0.15) is 4.39 Å². The third-order valence-corrected chi connectivity index (χ3v) is 3.69. The van der Waals surface area contributed by atoms with Crippen LogP contribution in [0.2, 0.25) is 0 Å². The van der Waals surface area contributed by atoms with Crippen LogP contribution in [0.15, 0.2) is 17.1 Å². The van der Waals surface area contributed by atoms with Crippen LogP contribution in [0.25, 0.3) is 10.9 Å². The fourth-order valence-corrected chi connectivity index (χ4v) is 2.60. The fourth-order valence-electron chi connectivity index (χ4n) is 2.60. The van der Waals surface area contributed by atoms with Crippen molar-refractivity contribution in [1.82, 2.24) is 4.57 Å². The summed E-state index contributed by atoms with van der Waals surface area (Å²) >= 11 is 0. The van der Waals surface area contributed by atoms with E-state index < -0.39 is 34.8 Å². The molecule has 0 radical (unpaired) electrons. The van der Waals surface area contributed by atoms with E-state index in [-0.39, 0.29) is 36.3 Å². The Hall–Kier alpha value is -2.48. The number of ether oxygens (including phenoxy) is 2. The highest BCUT2D eigenvalue weighted by molar-refractivity contribution is 5.95. The van der Waals surface area contributed by atoms with Gasteiger partial charge in [0.05, 0.1) is 30.2 Å². The maximum Gasteiger partial charge on any atom is 0.343 e. The van der Waals surface area contributed by atoms with Crippen molar-refractivity contribution in [2.75, 3.05) is 19.8 Å². The third kappa shape index (κ3) is 2.26. The molecule has 0 spiro atoms. The molecule has 0 fully saturated rings. The Bertz CT molecular complexity index is 861. The highest BCUT2D eigenvalue weighted by Crippen LogP contribution is 2.35. The Morgan fingerprint density at radius 1 is 1.52 bits per heavy atom. The van der Waals surface area contributed by atoms with Crippen molar-refractivity contribution in [3.8, 4) is 5.75 Å². The summed E-state index contributed by atoms with van der Waals surface area (Å²) in [5.74, 6) is -3.74. The molecule has 6 nitrogen and oxygen atoms in total. The number of nitrogens with zero attached hydrogens (tertiary/aromatic N) is 1. The van der Waals surface area contributed by atoms with Crippen LogP contribution in [-0.2, 0) is 4.74 Å². The van der Waals surface area contributed by atoms with Gasteiger partial charge >= 0.3 is 5.97 Å². The van der Waals surface area contributed by atoms with Crippen LogP contribution in [0.4, 0.5) is 8.78 Å². The Labute approximate surface area is 128 Å². The molecule has 0 saturated carbocycles. The maximum atomic E-state index is 13.9. The molecule has 2 aromatic rings. The molecule has 0 aliphatic carbocycles. The normalized spacial score (nSPS) is 16.3. The topological polar surface area (TPSA) is 77.8 Å². The Kier molecular flexibility index (Phi) is 3.77. The van der Waals surface area contributed by atoms with E-state index in [1.165, 1.54) is 10.8 Å². The number of aliphatic hydroxyl groups excluding tert-OH is 1. The van der Waals surface area contributed by atoms with Gasteiger partial charge in [-0.3, -0.25) is 4.79 Å². The van der Waals surface area contributed by atoms with Crippen LogP contribution in [0.5, 0.6) is 5.75 Å². The number of carbonyl (C=O) groups is 1. The molecule has 1 aliphatic heterocycles. The van der Waals surface area contributed by atoms with Crippen molar-refractivity contribution in [1.29, 1.82) is 0 Å². The highest BCUT2D eigenvalue weighted by atomic mass is 19.2. The van der Waals surface area contributed by atoms with Gasteiger partial charge in [0.25, 0.3) is 0 Å². The van der Waals surface area contributed by atoms with Gasteiger partial charge in [0.15, 0.2) is 11.6 Å². The van der Waals surface area contributed by atoms with Gasteiger partial charge in [-0.25, -0.2) is 9.18 Å². The number of halogens is 2. The first-order valence-electron chi connectivity index (χ1n) is 6.97. The lowest BCUT2D eigenvalue weighted by Gasteiger charge is -2.28. The third-order valence-electron chi connectivity index (χ3n) is 3.69. The van der Waals surface area contributed by atoms with Crippen molar-refractivity contribution >= 4 is 16.9 Å². The predicted octanol–water partition coefficient (Wildman–Crippen LogP) is 1.38. The molecule has 8 heteroatoms. The summed E-state index contributed by atoms with van der Waals surface area (Å²) < 4.78 is 39.0. The van der Waals surface area contributed by atoms with E-state index in [0.717, 1.165) is 6.07 Å². The Balaban J connectivity index is 2.41. The van der Waals surface area contributed by atoms with Crippen molar-refractivity contribution < 1.29 is 28.2 Å². The number of hydrogen-bond donors (Lipinski definition) is 1. The number of aromatic nitrogens is 1. The molecule has 1 atom stereocenters. The lowest BCUT2D eigenvalue weighted by molar-refractivity contribution is 0.0523. The van der Waals surface area contributed by atoms with Crippen LogP contribution in [0.3, 0.4) is 0 Å². The summed E-state index contributed by atoms with van der Waals surface area (Å²) in [5.41, 5.74) is -1.08. The van der Waals surface area contributed by atoms with Crippen LogP contribution >= 0.6 is 0 Å². The second-order valence-corrected chi connectivity index (χ2v) is 5.04. The minimum Gasteiger partial charge on any atom is -0.486 e. The highest BCUT2D eigenvalue weighted by Gasteiger charge is 2.29. The van der Waals surface area contributed by atoms with Crippen LogP contribution < -0.4 is 10.2 Å². The lowest BCUT2D eigenvalue weighted by Crippen LogP contribution is -2.30. The molecule has 2 heterocycles. The molecule has 122 valence electrons. The zero-order valence-electron chi connectivity index (χ0n) is 12.1. The van der Waals surface area contributed by atoms with Crippen LogP contribution in [0, 0.1) is 11.6 Å². The molecule has 1 aromatic heterocycles. The van der Waals surface area contributed by atoms with Gasteiger partial charge in [-0.05, 0) is 13.0 Å². The molecular formula is C15H13F2NO5. The number of benzene rings is 1. The van der Waals surface area contributed by atoms with Gasteiger partial charge in [0.2, 0.25) is 11.2 Å². The second-order valence-electron chi connectivity index (χ2n) is 5.04. The summed E-state index contributed by atoms with van der Waals surface area (Å²) in [6, 6.07) is 0.0856. The number of hydrogen-bond acceptors (Lipinski definition) is 5. The quantitative estimate of drug-likeness (QED) is 0.863. The molecule has 1 unspecified atom stereocenters. The molecule has 0 saturated heterocycles. The number of carbonyl (C=O) groups excluding carboxylic acids is 1. The Morgan fingerprint density at radius 3 is 2.91 bits per heavy atom. The van der Waals surface area contributed by atoms with Crippen molar-refractivity contribution in [2.24, 2.45) is 0 Å². The predicted molar refractivity (Wildman–Crippen MR) is 75.7 cm³/mol. The molecule has 1 N–H and O–H groups in total. The van der Waals surface area contributed by atoms with Crippen molar-refractivity contribution in [3.63, 3.8) is 0 Å². The number of pyridine rings is 1. The average molecular weight is 325 g/mol. The zero-order chi connectivity index (χ0) is 16.7. The first-order chi connectivity index (χ1) is 11.0. The SMILES string of the molecule is CCOC(=O)c1cn2c3c(c(F)c(F)cc3c1=O)OCC2CO. The van der Waals surface area contributed by atoms with E-state index in [2.05, 4.69) is 0 Å². The second kappa shape index (κ2) is 5.62. The number of esters is 1. The minimum atomic E-state index is -1.25. The average Bonchev–Trinajstić information content (AvgIpc) is 2.54. The monoisotopic (exact) mass is 325 g/mol. The first kappa shape index (κ1) is 15.4. The molecule has 3 rings (SSSR count). The lowest BCUT2D eigenvalue weighted by atomic mass is 10.1. The molecule has 0 bridgehead atoms. The zero-order valence-corrected chi connectivity index (χ0v) is 12.1. The minimum absolute atomic E-state index is 0.00671. The van der Waals surface area contributed by atoms with Gasteiger partial charge in [-0.1, -0.05) is 0 Å². The molecular weight excluding hydrogens is 312 g/mol. The van der Waals surface area contributed by atoms with E-state index in [1.54, 1.807) is 6.92 Å². The molecule has 0 amide bonds. The standard InChI is InChI=1S/C15H13F2NO5/c1-2-22-15(21)9-4-18-7(5-19)6-23-14-11(17)10(16)3-8(12(14)18)13(9)20/h3-4,7,19H,2,5-6H2,1H3. The largest absolute Gasteiger partial charge is 0.486 e. The van der Waals surface area contributed by atoms with Crippen molar-refractivity contribution in [3.05, 3.63) is 39.7 Å². The van der Waals surface area contributed by atoms with E-state index >= 15 is 0 Å². The summed E-state index contributed by atoms with van der Waals surface area (Å²) in [6.07, 6.45) is 1.19. The fraction of sp³-hybridized carbons (Fsp3) is 0.333. The summed E-state index contributed by atoms with van der Waals surface area (Å²) in [6.45, 7) is 1.16. The van der Waals surface area contributed by atoms with E-state index in [4.69, 9.17) is 9.47 Å². The smallest absolute Gasteiger partial charge is 0.343 e. The summed E-state index contributed by atoms with van der Waals surface area (Å²) in [4.78, 5) is 24.4. The number of aliphatic hydroxyl groups is 1. The maximum absolute atomic E-state index is 13.9. The van der Waals surface area contributed by atoms with Gasteiger partial charge in [0, 0.05) is 6.20 Å². The van der Waals surface area contributed by atoms with E-state index in [9.17, 15) is 23.5 Å². The van der Waals surface area contributed by atoms with E-state index in [0.29, 0.717) is 0 Å². The molecule has 1 aliphatic rings. The summed E-state index contributed by atoms with van der Waals surface area (Å²) in [7, 11) is 0. The van der Waals surface area contributed by atoms with Gasteiger partial charge in [-0.15, -0.1) is 0 Å².